The third kappa shape index (κ3) is 4.42. The van der Waals surface area contributed by atoms with Gasteiger partial charge in [0.15, 0.2) is 0 Å². The summed E-state index contributed by atoms with van der Waals surface area (Å²) in [5.41, 5.74) is 2.09. The van der Waals surface area contributed by atoms with Gasteiger partial charge < -0.3 is 15.4 Å². The van der Waals surface area contributed by atoms with Crippen molar-refractivity contribution < 1.29 is 4.74 Å². The van der Waals surface area contributed by atoms with Crippen LogP contribution in [0.2, 0.25) is 0 Å². The Morgan fingerprint density at radius 1 is 0.958 bits per heavy atom. The summed E-state index contributed by atoms with van der Waals surface area (Å²) in [7, 11) is 0. The molecule has 2 aromatic heterocycles. The van der Waals surface area contributed by atoms with Crippen LogP contribution in [0.25, 0.3) is 0 Å². The molecule has 1 aromatic carbocycles. The van der Waals surface area contributed by atoms with E-state index in [1.807, 2.05) is 49.4 Å². The van der Waals surface area contributed by atoms with E-state index in [2.05, 4.69) is 25.6 Å². The van der Waals surface area contributed by atoms with Crippen molar-refractivity contribution in [3.8, 4) is 5.75 Å². The van der Waals surface area contributed by atoms with Gasteiger partial charge in [0.2, 0.25) is 0 Å². The monoisotopic (exact) mass is 321 g/mol. The maximum absolute atomic E-state index is 5.44. The van der Waals surface area contributed by atoms with Gasteiger partial charge in [0.25, 0.3) is 0 Å². The summed E-state index contributed by atoms with van der Waals surface area (Å²) in [5.74, 6) is 2.34. The molecule has 2 heterocycles. The Kier molecular flexibility index (Phi) is 5.19. The molecule has 0 bridgehead atoms. The van der Waals surface area contributed by atoms with Gasteiger partial charge in [0, 0.05) is 30.7 Å². The van der Waals surface area contributed by atoms with E-state index in [-0.39, 0.29) is 0 Å². The van der Waals surface area contributed by atoms with Crippen molar-refractivity contribution in [2.45, 2.75) is 13.5 Å². The zero-order valence-electron chi connectivity index (χ0n) is 13.4. The second-order valence-corrected chi connectivity index (χ2v) is 5.08. The van der Waals surface area contributed by atoms with Gasteiger partial charge in [-0.2, -0.15) is 0 Å². The third-order valence-electron chi connectivity index (χ3n) is 3.33. The molecule has 6 nitrogen and oxygen atoms in total. The van der Waals surface area contributed by atoms with E-state index in [4.69, 9.17) is 4.74 Å². The number of benzene rings is 1. The minimum absolute atomic E-state index is 0.658. The van der Waals surface area contributed by atoms with Crippen molar-refractivity contribution in [3.05, 3.63) is 66.7 Å². The van der Waals surface area contributed by atoms with E-state index in [0.29, 0.717) is 13.2 Å². The maximum Gasteiger partial charge on any atom is 0.135 e. The van der Waals surface area contributed by atoms with Gasteiger partial charge in [0.05, 0.1) is 6.61 Å². The fourth-order valence-electron chi connectivity index (χ4n) is 2.16. The summed E-state index contributed by atoms with van der Waals surface area (Å²) < 4.78 is 5.44. The van der Waals surface area contributed by atoms with E-state index in [0.717, 1.165) is 28.6 Å². The first-order chi connectivity index (χ1) is 11.8. The number of ether oxygens (including phenoxy) is 1. The van der Waals surface area contributed by atoms with Gasteiger partial charge in [-0.25, -0.2) is 9.97 Å². The van der Waals surface area contributed by atoms with Crippen LogP contribution in [0.4, 0.5) is 17.3 Å². The predicted molar refractivity (Wildman–Crippen MR) is 94.5 cm³/mol. The average molecular weight is 321 g/mol. The molecular weight excluding hydrogens is 302 g/mol. The second kappa shape index (κ2) is 7.92. The SMILES string of the molecule is CCOc1ccc(Nc2cc(NCc3ccncc3)ncn2)cc1. The molecule has 3 aromatic rings. The van der Waals surface area contributed by atoms with Crippen LogP contribution in [0.3, 0.4) is 0 Å². The minimum Gasteiger partial charge on any atom is -0.494 e. The van der Waals surface area contributed by atoms with Gasteiger partial charge in [-0.3, -0.25) is 4.98 Å². The quantitative estimate of drug-likeness (QED) is 0.692. The Balaban J connectivity index is 1.62. The van der Waals surface area contributed by atoms with Crippen LogP contribution in [-0.2, 0) is 6.54 Å². The number of nitrogens with one attached hydrogen (secondary N) is 2. The van der Waals surface area contributed by atoms with E-state index >= 15 is 0 Å². The first-order valence-electron chi connectivity index (χ1n) is 7.78. The first-order valence-corrected chi connectivity index (χ1v) is 7.78. The van der Waals surface area contributed by atoms with Gasteiger partial charge in [-0.05, 0) is 48.9 Å². The number of nitrogens with zero attached hydrogens (tertiary/aromatic N) is 3. The summed E-state index contributed by atoms with van der Waals surface area (Å²) in [6, 6.07) is 13.6. The number of aromatic nitrogens is 3. The Morgan fingerprint density at radius 2 is 1.71 bits per heavy atom. The molecule has 122 valence electrons. The molecule has 24 heavy (non-hydrogen) atoms. The summed E-state index contributed by atoms with van der Waals surface area (Å²) in [6.45, 7) is 3.31. The zero-order valence-corrected chi connectivity index (χ0v) is 13.4. The van der Waals surface area contributed by atoms with E-state index in [9.17, 15) is 0 Å². The summed E-state index contributed by atoms with van der Waals surface area (Å²) >= 11 is 0. The lowest BCUT2D eigenvalue weighted by Gasteiger charge is -2.09. The number of hydrogen-bond acceptors (Lipinski definition) is 6. The molecule has 0 saturated heterocycles. The Bertz CT molecular complexity index is 762. The molecule has 0 atom stereocenters. The van der Waals surface area contributed by atoms with Crippen LogP contribution < -0.4 is 15.4 Å². The lowest BCUT2D eigenvalue weighted by molar-refractivity contribution is 0.340. The molecule has 0 aliphatic carbocycles. The third-order valence-corrected chi connectivity index (χ3v) is 3.33. The average Bonchev–Trinajstić information content (AvgIpc) is 2.63. The normalized spacial score (nSPS) is 10.2. The molecule has 0 amide bonds. The minimum atomic E-state index is 0.658. The Labute approximate surface area is 141 Å². The van der Waals surface area contributed by atoms with Gasteiger partial charge in [-0.15, -0.1) is 0 Å². The molecule has 0 fully saturated rings. The van der Waals surface area contributed by atoms with E-state index < -0.39 is 0 Å². The summed E-state index contributed by atoms with van der Waals surface area (Å²) in [6.07, 6.45) is 5.08. The smallest absolute Gasteiger partial charge is 0.135 e. The summed E-state index contributed by atoms with van der Waals surface area (Å²) in [5, 5.41) is 6.53. The molecule has 2 N–H and O–H groups in total. The topological polar surface area (TPSA) is 72.0 Å². The second-order valence-electron chi connectivity index (χ2n) is 5.08. The van der Waals surface area contributed by atoms with Crippen molar-refractivity contribution in [1.82, 2.24) is 15.0 Å². The molecule has 3 rings (SSSR count). The van der Waals surface area contributed by atoms with Crippen LogP contribution in [-0.4, -0.2) is 21.6 Å². The van der Waals surface area contributed by atoms with Crippen molar-refractivity contribution in [3.63, 3.8) is 0 Å². The largest absolute Gasteiger partial charge is 0.494 e. The van der Waals surface area contributed by atoms with Crippen molar-refractivity contribution in [2.75, 3.05) is 17.2 Å². The Hall–Kier alpha value is -3.15. The van der Waals surface area contributed by atoms with Gasteiger partial charge >= 0.3 is 0 Å². The van der Waals surface area contributed by atoms with E-state index in [1.54, 1.807) is 12.4 Å². The predicted octanol–water partition coefficient (Wildman–Crippen LogP) is 3.63. The van der Waals surface area contributed by atoms with Gasteiger partial charge in [0.1, 0.15) is 23.7 Å². The highest BCUT2D eigenvalue weighted by atomic mass is 16.5. The molecular formula is C18H19N5O. The molecule has 0 unspecified atom stereocenters. The number of hydrogen-bond donors (Lipinski definition) is 2. The highest BCUT2D eigenvalue weighted by molar-refractivity contribution is 5.59. The Morgan fingerprint density at radius 3 is 2.46 bits per heavy atom. The highest BCUT2D eigenvalue weighted by Crippen LogP contribution is 2.20. The molecule has 0 aliphatic rings. The standard InChI is InChI=1S/C18H19N5O/c1-2-24-16-5-3-15(4-6-16)23-18-11-17(21-13-22-18)20-12-14-7-9-19-10-8-14/h3-11,13H,2,12H2,1H3,(H2,20,21,22,23). The maximum atomic E-state index is 5.44. The van der Waals surface area contributed by atoms with Crippen molar-refractivity contribution in [2.24, 2.45) is 0 Å². The number of rotatable bonds is 7. The lowest BCUT2D eigenvalue weighted by atomic mass is 10.3. The molecule has 0 saturated carbocycles. The first kappa shape index (κ1) is 15.7. The molecule has 0 aliphatic heterocycles. The number of pyridine rings is 1. The molecule has 0 radical (unpaired) electrons. The number of anilines is 3. The fraction of sp³-hybridized carbons (Fsp3) is 0.167. The lowest BCUT2D eigenvalue weighted by Crippen LogP contribution is -2.03. The van der Waals surface area contributed by atoms with Crippen LogP contribution in [0.5, 0.6) is 5.75 Å². The summed E-state index contributed by atoms with van der Waals surface area (Å²) in [4.78, 5) is 12.5. The van der Waals surface area contributed by atoms with Crippen LogP contribution in [0.15, 0.2) is 61.2 Å². The highest BCUT2D eigenvalue weighted by Gasteiger charge is 2.01. The zero-order chi connectivity index (χ0) is 16.6. The van der Waals surface area contributed by atoms with E-state index in [1.165, 1.54) is 6.33 Å². The van der Waals surface area contributed by atoms with Crippen molar-refractivity contribution in [1.29, 1.82) is 0 Å². The molecule has 0 spiro atoms. The molecule has 6 heteroatoms. The fourth-order valence-corrected chi connectivity index (χ4v) is 2.16. The van der Waals surface area contributed by atoms with Gasteiger partial charge in [-0.1, -0.05) is 0 Å². The van der Waals surface area contributed by atoms with Crippen LogP contribution >= 0.6 is 0 Å². The van der Waals surface area contributed by atoms with Crippen molar-refractivity contribution >= 4 is 17.3 Å². The van der Waals surface area contributed by atoms with Crippen LogP contribution in [0, 0.1) is 0 Å². The van der Waals surface area contributed by atoms with Crippen LogP contribution in [0.1, 0.15) is 12.5 Å².